The monoisotopic (exact) mass is 379 g/mol. The van der Waals surface area contributed by atoms with Crippen molar-refractivity contribution < 1.29 is 14.5 Å². The number of nitro benzene ring substituents is 1. The summed E-state index contributed by atoms with van der Waals surface area (Å²) in [6.45, 7) is 0.760. The summed E-state index contributed by atoms with van der Waals surface area (Å²) in [5.74, 6) is -0.0240. The van der Waals surface area contributed by atoms with Crippen LogP contribution in [0.25, 0.3) is 0 Å². The number of anilines is 1. The van der Waals surface area contributed by atoms with Crippen LogP contribution in [-0.4, -0.2) is 24.0 Å². The molecule has 0 fully saturated rings. The number of halogens is 1. The van der Waals surface area contributed by atoms with Crippen molar-refractivity contribution in [1.29, 1.82) is 0 Å². The quantitative estimate of drug-likeness (QED) is 0.436. The van der Waals surface area contributed by atoms with Gasteiger partial charge < -0.3 is 15.8 Å². The molecule has 0 heterocycles. The van der Waals surface area contributed by atoms with Gasteiger partial charge in [-0.2, -0.15) is 0 Å². The molecule has 0 saturated heterocycles. The molecule has 2 rings (SSSR count). The van der Waals surface area contributed by atoms with Crippen molar-refractivity contribution in [3.05, 3.63) is 62.6 Å². The fraction of sp³-hybridized carbons (Fsp3) is 0.133. The second kappa shape index (κ2) is 7.59. The molecule has 0 aliphatic rings. The van der Waals surface area contributed by atoms with Crippen molar-refractivity contribution in [2.45, 2.75) is 0 Å². The molecule has 0 aromatic heterocycles. The highest BCUT2D eigenvalue weighted by molar-refractivity contribution is 9.10. The van der Waals surface area contributed by atoms with Crippen LogP contribution in [0.2, 0.25) is 0 Å². The Bertz CT molecular complexity index is 736. The van der Waals surface area contributed by atoms with Crippen LogP contribution in [0.1, 0.15) is 10.4 Å². The topological polar surface area (TPSA) is 107 Å². The average molecular weight is 380 g/mol. The van der Waals surface area contributed by atoms with E-state index in [1.165, 1.54) is 12.1 Å². The zero-order valence-corrected chi connectivity index (χ0v) is 13.6. The van der Waals surface area contributed by atoms with Gasteiger partial charge in [-0.3, -0.25) is 14.9 Å². The van der Waals surface area contributed by atoms with E-state index in [1.54, 1.807) is 0 Å². The number of rotatable bonds is 7. The minimum atomic E-state index is -0.732. The molecule has 7 nitrogen and oxygen atoms in total. The lowest BCUT2D eigenvalue weighted by atomic mass is 10.1. The molecule has 2 aromatic carbocycles. The largest absolute Gasteiger partial charge is 0.492 e. The molecule has 1 amide bonds. The Kier molecular flexibility index (Phi) is 5.53. The van der Waals surface area contributed by atoms with Gasteiger partial charge in [0, 0.05) is 28.8 Å². The van der Waals surface area contributed by atoms with Crippen LogP contribution in [0.15, 0.2) is 46.9 Å². The molecule has 0 bridgehead atoms. The van der Waals surface area contributed by atoms with E-state index >= 15 is 0 Å². The van der Waals surface area contributed by atoms with E-state index in [9.17, 15) is 14.9 Å². The molecule has 0 aliphatic heterocycles. The standard InChI is InChI=1S/C15H14BrN3O4/c16-10-2-1-3-12(8-10)23-7-6-18-14-5-4-11(19(21)22)9-13(14)15(17)20/h1-5,8-9,18H,6-7H2,(H2,17,20). The minimum Gasteiger partial charge on any atom is -0.492 e. The molecular weight excluding hydrogens is 366 g/mol. The molecule has 120 valence electrons. The zero-order chi connectivity index (χ0) is 16.8. The number of hydrogen-bond acceptors (Lipinski definition) is 5. The zero-order valence-electron chi connectivity index (χ0n) is 12.0. The van der Waals surface area contributed by atoms with Crippen LogP contribution in [-0.2, 0) is 0 Å². The predicted octanol–water partition coefficient (Wildman–Crippen LogP) is 2.95. The van der Waals surface area contributed by atoms with E-state index in [4.69, 9.17) is 10.5 Å². The Morgan fingerprint density at radius 2 is 2.09 bits per heavy atom. The summed E-state index contributed by atoms with van der Waals surface area (Å²) in [5, 5.41) is 13.7. The van der Waals surface area contributed by atoms with Crippen LogP contribution < -0.4 is 15.8 Å². The van der Waals surface area contributed by atoms with Crippen molar-refractivity contribution in [3.8, 4) is 5.75 Å². The summed E-state index contributed by atoms with van der Waals surface area (Å²) in [7, 11) is 0. The Labute approximate surface area is 140 Å². The molecule has 0 saturated carbocycles. The van der Waals surface area contributed by atoms with Crippen LogP contribution in [0.3, 0.4) is 0 Å². The Balaban J connectivity index is 1.97. The third-order valence-corrected chi connectivity index (χ3v) is 3.46. The SMILES string of the molecule is NC(=O)c1cc([N+](=O)[O-])ccc1NCCOc1cccc(Br)c1. The maximum absolute atomic E-state index is 11.4. The Morgan fingerprint density at radius 1 is 1.30 bits per heavy atom. The number of primary amides is 1. The second-order valence-electron chi connectivity index (χ2n) is 4.58. The van der Waals surface area contributed by atoms with Crippen molar-refractivity contribution in [2.24, 2.45) is 5.73 Å². The van der Waals surface area contributed by atoms with Crippen LogP contribution in [0.4, 0.5) is 11.4 Å². The van der Waals surface area contributed by atoms with E-state index in [0.29, 0.717) is 24.6 Å². The summed E-state index contributed by atoms with van der Waals surface area (Å²) in [6, 6.07) is 11.3. The smallest absolute Gasteiger partial charge is 0.270 e. The van der Waals surface area contributed by atoms with Gasteiger partial charge in [0.05, 0.1) is 10.5 Å². The van der Waals surface area contributed by atoms with Gasteiger partial charge in [-0.1, -0.05) is 22.0 Å². The van der Waals surface area contributed by atoms with E-state index in [2.05, 4.69) is 21.2 Å². The van der Waals surface area contributed by atoms with Gasteiger partial charge in [0.15, 0.2) is 0 Å². The summed E-state index contributed by atoms with van der Waals surface area (Å²) < 4.78 is 6.47. The normalized spacial score (nSPS) is 10.1. The lowest BCUT2D eigenvalue weighted by Crippen LogP contribution is -2.17. The van der Waals surface area contributed by atoms with Gasteiger partial charge in [0.25, 0.3) is 11.6 Å². The average Bonchev–Trinajstić information content (AvgIpc) is 2.51. The molecule has 0 radical (unpaired) electrons. The number of nitrogens with two attached hydrogens (primary N) is 1. The molecule has 0 aliphatic carbocycles. The molecule has 0 spiro atoms. The number of carbonyl (C=O) groups is 1. The van der Waals surface area contributed by atoms with Crippen molar-refractivity contribution in [2.75, 3.05) is 18.5 Å². The number of ether oxygens (including phenoxy) is 1. The summed E-state index contributed by atoms with van der Waals surface area (Å²) >= 11 is 3.35. The lowest BCUT2D eigenvalue weighted by Gasteiger charge is -2.11. The van der Waals surface area contributed by atoms with E-state index in [0.717, 1.165) is 10.5 Å². The van der Waals surface area contributed by atoms with Gasteiger partial charge in [-0.05, 0) is 24.3 Å². The molecule has 23 heavy (non-hydrogen) atoms. The molecule has 8 heteroatoms. The highest BCUT2D eigenvalue weighted by atomic mass is 79.9. The summed E-state index contributed by atoms with van der Waals surface area (Å²) in [4.78, 5) is 21.6. The van der Waals surface area contributed by atoms with Crippen LogP contribution >= 0.6 is 15.9 Å². The molecule has 2 aromatic rings. The van der Waals surface area contributed by atoms with E-state index in [1.807, 2.05) is 24.3 Å². The predicted molar refractivity (Wildman–Crippen MR) is 89.7 cm³/mol. The first-order chi connectivity index (χ1) is 11.0. The maximum atomic E-state index is 11.4. The van der Waals surface area contributed by atoms with E-state index in [-0.39, 0.29) is 11.3 Å². The first-order valence-electron chi connectivity index (χ1n) is 6.68. The fourth-order valence-electron chi connectivity index (χ4n) is 1.92. The molecular formula is C15H14BrN3O4. The number of nitrogens with zero attached hydrogens (tertiary/aromatic N) is 1. The van der Waals surface area contributed by atoms with Crippen molar-refractivity contribution in [3.63, 3.8) is 0 Å². The maximum Gasteiger partial charge on any atom is 0.270 e. The lowest BCUT2D eigenvalue weighted by molar-refractivity contribution is -0.384. The number of non-ortho nitro benzene ring substituents is 1. The second-order valence-corrected chi connectivity index (χ2v) is 5.50. The number of amides is 1. The number of nitro groups is 1. The van der Waals surface area contributed by atoms with Crippen LogP contribution in [0.5, 0.6) is 5.75 Å². The number of hydrogen-bond donors (Lipinski definition) is 2. The molecule has 0 atom stereocenters. The first-order valence-corrected chi connectivity index (χ1v) is 7.47. The van der Waals surface area contributed by atoms with Crippen LogP contribution in [0, 0.1) is 10.1 Å². The highest BCUT2D eigenvalue weighted by Gasteiger charge is 2.14. The minimum absolute atomic E-state index is 0.0710. The highest BCUT2D eigenvalue weighted by Crippen LogP contribution is 2.22. The van der Waals surface area contributed by atoms with Gasteiger partial charge in [0.1, 0.15) is 12.4 Å². The Morgan fingerprint density at radius 3 is 2.74 bits per heavy atom. The van der Waals surface area contributed by atoms with Gasteiger partial charge in [-0.15, -0.1) is 0 Å². The number of nitrogens with one attached hydrogen (secondary N) is 1. The number of carbonyl (C=O) groups excluding carboxylic acids is 1. The van der Waals surface area contributed by atoms with Crippen molar-refractivity contribution in [1.82, 2.24) is 0 Å². The third-order valence-electron chi connectivity index (χ3n) is 2.96. The first kappa shape index (κ1) is 16.8. The number of benzene rings is 2. The van der Waals surface area contributed by atoms with Crippen molar-refractivity contribution >= 4 is 33.2 Å². The van der Waals surface area contributed by atoms with E-state index < -0.39 is 10.8 Å². The van der Waals surface area contributed by atoms with Gasteiger partial charge >= 0.3 is 0 Å². The molecule has 0 unspecified atom stereocenters. The fourth-order valence-corrected chi connectivity index (χ4v) is 2.29. The molecule has 3 N–H and O–H groups in total. The third kappa shape index (κ3) is 4.68. The summed E-state index contributed by atoms with van der Waals surface area (Å²) in [5.41, 5.74) is 5.57. The van der Waals surface area contributed by atoms with Gasteiger partial charge in [0.2, 0.25) is 0 Å². The Hall–Kier alpha value is -2.61. The van der Waals surface area contributed by atoms with Gasteiger partial charge in [-0.25, -0.2) is 0 Å². The summed E-state index contributed by atoms with van der Waals surface area (Å²) in [6.07, 6.45) is 0.